The van der Waals surface area contributed by atoms with Crippen LogP contribution in [-0.2, 0) is 4.79 Å². The summed E-state index contributed by atoms with van der Waals surface area (Å²) in [5.41, 5.74) is 1.16. The number of nitrogens with one attached hydrogen (secondary N) is 1. The number of rotatable bonds is 1. The summed E-state index contributed by atoms with van der Waals surface area (Å²) in [6.45, 7) is 2.04. The normalized spacial score (nSPS) is 31.5. The number of amides is 1. The molecule has 1 saturated heterocycles. The lowest BCUT2D eigenvalue weighted by atomic mass is 9.87. The first-order chi connectivity index (χ1) is 7.86. The first kappa shape index (κ1) is 10.3. The Labute approximate surface area is 96.1 Å². The number of carbonyl (C=O) groups excluding carboxylic acids is 1. The molecule has 2 aliphatic heterocycles. The molecule has 16 heavy (non-hydrogen) atoms. The first-order valence-corrected chi connectivity index (χ1v) is 6.47. The molecule has 0 aromatic heterocycles. The molecule has 3 aliphatic rings. The van der Waals surface area contributed by atoms with E-state index >= 15 is 0 Å². The van der Waals surface area contributed by atoms with E-state index in [0.29, 0.717) is 6.04 Å². The van der Waals surface area contributed by atoms with E-state index in [-0.39, 0.29) is 11.8 Å². The van der Waals surface area contributed by atoms with Crippen molar-refractivity contribution in [2.45, 2.75) is 44.6 Å². The van der Waals surface area contributed by atoms with Crippen molar-refractivity contribution in [2.24, 2.45) is 11.0 Å². The second-order valence-electron chi connectivity index (χ2n) is 5.05. The number of piperidine rings is 1. The van der Waals surface area contributed by atoms with E-state index < -0.39 is 0 Å². The van der Waals surface area contributed by atoms with Crippen LogP contribution in [0.2, 0.25) is 0 Å². The van der Waals surface area contributed by atoms with Gasteiger partial charge in [-0.1, -0.05) is 6.42 Å². The fourth-order valence-corrected chi connectivity index (χ4v) is 3.04. The lowest BCUT2D eigenvalue weighted by Gasteiger charge is -2.29. The summed E-state index contributed by atoms with van der Waals surface area (Å²) < 4.78 is 0. The Balaban J connectivity index is 1.76. The molecule has 1 aliphatic carbocycles. The minimum absolute atomic E-state index is 0.142. The maximum atomic E-state index is 12.2. The molecule has 1 atom stereocenters. The standard InChI is InChI=1S/C12H19N3O/c16-12-10-3-1-2-4-11(10)14-15(12)9-5-7-13-8-6-9/h9-10,13H,1-8H2. The summed E-state index contributed by atoms with van der Waals surface area (Å²) in [6.07, 6.45) is 6.57. The average Bonchev–Trinajstić information content (AvgIpc) is 2.69. The monoisotopic (exact) mass is 221 g/mol. The van der Waals surface area contributed by atoms with Crippen molar-refractivity contribution in [3.63, 3.8) is 0 Å². The van der Waals surface area contributed by atoms with Crippen LogP contribution in [0.3, 0.4) is 0 Å². The smallest absolute Gasteiger partial charge is 0.251 e. The van der Waals surface area contributed by atoms with Crippen LogP contribution in [0.4, 0.5) is 0 Å². The van der Waals surface area contributed by atoms with Gasteiger partial charge in [-0.3, -0.25) is 4.79 Å². The van der Waals surface area contributed by atoms with E-state index in [1.54, 1.807) is 0 Å². The SMILES string of the molecule is O=C1C2CCCCC2=NN1C1CCNCC1. The van der Waals surface area contributed by atoms with Crippen molar-refractivity contribution in [1.29, 1.82) is 0 Å². The van der Waals surface area contributed by atoms with Gasteiger partial charge in [-0.05, 0) is 45.2 Å². The predicted octanol–water partition coefficient (Wildman–Crippen LogP) is 1.13. The molecular formula is C12H19N3O. The highest BCUT2D eigenvalue weighted by atomic mass is 16.2. The van der Waals surface area contributed by atoms with Crippen molar-refractivity contribution in [1.82, 2.24) is 10.3 Å². The van der Waals surface area contributed by atoms with Crippen LogP contribution in [0.15, 0.2) is 5.10 Å². The molecule has 3 rings (SSSR count). The highest BCUT2D eigenvalue weighted by molar-refractivity contribution is 6.08. The number of nitrogens with zero attached hydrogens (tertiary/aromatic N) is 2. The molecule has 2 heterocycles. The van der Waals surface area contributed by atoms with Crippen molar-refractivity contribution >= 4 is 11.6 Å². The first-order valence-electron chi connectivity index (χ1n) is 6.47. The highest BCUT2D eigenvalue weighted by Gasteiger charge is 2.40. The third-order valence-corrected chi connectivity index (χ3v) is 3.99. The lowest BCUT2D eigenvalue weighted by Crippen LogP contribution is -2.43. The van der Waals surface area contributed by atoms with Crippen LogP contribution in [0, 0.1) is 5.92 Å². The number of hydrazone groups is 1. The maximum Gasteiger partial charge on any atom is 0.251 e. The van der Waals surface area contributed by atoms with Crippen molar-refractivity contribution in [2.75, 3.05) is 13.1 Å². The van der Waals surface area contributed by atoms with E-state index in [0.717, 1.165) is 44.5 Å². The molecule has 1 N–H and O–H groups in total. The van der Waals surface area contributed by atoms with E-state index in [9.17, 15) is 4.79 Å². The molecule has 0 aromatic rings. The Kier molecular flexibility index (Phi) is 2.67. The van der Waals surface area contributed by atoms with Gasteiger partial charge in [0, 0.05) is 0 Å². The van der Waals surface area contributed by atoms with Crippen molar-refractivity contribution < 1.29 is 4.79 Å². The summed E-state index contributed by atoms with van der Waals surface area (Å²) in [5.74, 6) is 0.422. The van der Waals surface area contributed by atoms with Crippen LogP contribution in [0.1, 0.15) is 38.5 Å². The van der Waals surface area contributed by atoms with Gasteiger partial charge in [-0.25, -0.2) is 5.01 Å². The maximum absolute atomic E-state index is 12.2. The number of hydrogen-bond acceptors (Lipinski definition) is 3. The van der Waals surface area contributed by atoms with Gasteiger partial charge in [-0.15, -0.1) is 0 Å². The predicted molar refractivity (Wildman–Crippen MR) is 62.1 cm³/mol. The molecule has 0 spiro atoms. The van der Waals surface area contributed by atoms with Crippen LogP contribution in [0.25, 0.3) is 0 Å². The largest absolute Gasteiger partial charge is 0.317 e. The molecule has 1 saturated carbocycles. The molecule has 2 fully saturated rings. The van der Waals surface area contributed by atoms with Gasteiger partial charge in [0.1, 0.15) is 0 Å². The highest BCUT2D eigenvalue weighted by Crippen LogP contribution is 2.31. The Morgan fingerprint density at radius 1 is 1.19 bits per heavy atom. The van der Waals surface area contributed by atoms with Gasteiger partial charge in [0.25, 0.3) is 5.91 Å². The van der Waals surface area contributed by atoms with E-state index in [1.165, 1.54) is 12.8 Å². The second-order valence-corrected chi connectivity index (χ2v) is 5.05. The molecule has 0 radical (unpaired) electrons. The number of fused-ring (bicyclic) bond motifs is 1. The molecule has 1 unspecified atom stereocenters. The van der Waals surface area contributed by atoms with Crippen molar-refractivity contribution in [3.05, 3.63) is 0 Å². The zero-order valence-corrected chi connectivity index (χ0v) is 9.61. The third kappa shape index (κ3) is 1.65. The Bertz CT molecular complexity index is 320. The van der Waals surface area contributed by atoms with Crippen LogP contribution >= 0.6 is 0 Å². The molecule has 88 valence electrons. The lowest BCUT2D eigenvalue weighted by molar-refractivity contribution is -0.134. The Hall–Kier alpha value is -0.900. The van der Waals surface area contributed by atoms with Crippen LogP contribution < -0.4 is 5.32 Å². The third-order valence-electron chi connectivity index (χ3n) is 3.99. The van der Waals surface area contributed by atoms with Gasteiger partial charge in [-0.2, -0.15) is 5.10 Å². The van der Waals surface area contributed by atoms with E-state index in [4.69, 9.17) is 0 Å². The average molecular weight is 221 g/mol. The second kappa shape index (κ2) is 4.17. The fraction of sp³-hybridized carbons (Fsp3) is 0.833. The summed E-state index contributed by atoms with van der Waals surface area (Å²) in [7, 11) is 0. The minimum Gasteiger partial charge on any atom is -0.317 e. The van der Waals surface area contributed by atoms with Gasteiger partial charge >= 0.3 is 0 Å². The summed E-state index contributed by atoms with van der Waals surface area (Å²) in [4.78, 5) is 12.2. The number of carbonyl (C=O) groups is 1. The van der Waals surface area contributed by atoms with Gasteiger partial charge in [0.15, 0.2) is 0 Å². The zero-order chi connectivity index (χ0) is 11.0. The molecule has 1 amide bonds. The molecule has 0 bridgehead atoms. The summed E-state index contributed by atoms with van der Waals surface area (Å²) in [6, 6.07) is 0.354. The van der Waals surface area contributed by atoms with E-state index in [2.05, 4.69) is 10.4 Å². The quantitative estimate of drug-likeness (QED) is 0.721. The minimum atomic E-state index is 0.142. The topological polar surface area (TPSA) is 44.7 Å². The Morgan fingerprint density at radius 3 is 2.75 bits per heavy atom. The van der Waals surface area contributed by atoms with Crippen molar-refractivity contribution in [3.8, 4) is 0 Å². The van der Waals surface area contributed by atoms with Crippen LogP contribution in [-0.4, -0.2) is 35.8 Å². The van der Waals surface area contributed by atoms with Crippen LogP contribution in [0.5, 0.6) is 0 Å². The molecule has 4 nitrogen and oxygen atoms in total. The molecule has 4 heteroatoms. The fourth-order valence-electron chi connectivity index (χ4n) is 3.04. The summed E-state index contributed by atoms with van der Waals surface area (Å²) >= 11 is 0. The zero-order valence-electron chi connectivity index (χ0n) is 9.61. The molecular weight excluding hydrogens is 202 g/mol. The van der Waals surface area contributed by atoms with Gasteiger partial charge in [0.2, 0.25) is 0 Å². The van der Waals surface area contributed by atoms with Gasteiger partial charge in [0.05, 0.1) is 17.7 Å². The molecule has 0 aromatic carbocycles. The van der Waals surface area contributed by atoms with Gasteiger partial charge < -0.3 is 5.32 Å². The Morgan fingerprint density at radius 2 is 2.00 bits per heavy atom. The van der Waals surface area contributed by atoms with E-state index in [1.807, 2.05) is 5.01 Å². The summed E-state index contributed by atoms with van der Waals surface area (Å²) in [5, 5.41) is 9.73. The number of hydrogen-bond donors (Lipinski definition) is 1.